The number of ether oxygens (including phenoxy) is 1. The average molecular weight is 312 g/mol. The third-order valence-corrected chi connectivity index (χ3v) is 3.94. The maximum atomic E-state index is 12.2. The second-order valence-electron chi connectivity index (χ2n) is 5.32. The number of aromatic nitrogens is 1. The smallest absolute Gasteiger partial charge is 0.294 e. The Hall–Kier alpha value is -3.01. The summed E-state index contributed by atoms with van der Waals surface area (Å²) in [5.41, 5.74) is 1.65. The molecule has 2 heterocycles. The predicted molar refractivity (Wildman–Crippen MR) is 82.0 cm³/mol. The van der Waals surface area contributed by atoms with E-state index in [0.29, 0.717) is 24.5 Å². The molecule has 0 radical (unpaired) electrons. The Morgan fingerprint density at radius 1 is 1.52 bits per heavy atom. The van der Waals surface area contributed by atoms with Gasteiger partial charge in [0.15, 0.2) is 6.19 Å². The van der Waals surface area contributed by atoms with Crippen molar-refractivity contribution < 1.29 is 14.1 Å². The molecule has 118 valence electrons. The van der Waals surface area contributed by atoms with Crippen LogP contribution in [0.5, 0.6) is 5.75 Å². The number of hydrogen-bond acceptors (Lipinski definition) is 6. The van der Waals surface area contributed by atoms with Gasteiger partial charge in [-0.3, -0.25) is 4.79 Å². The second kappa shape index (κ2) is 6.40. The number of anilines is 1. The van der Waals surface area contributed by atoms with Gasteiger partial charge in [-0.05, 0) is 30.2 Å². The monoisotopic (exact) mass is 312 g/mol. The molecule has 1 N–H and O–H groups in total. The first-order valence-corrected chi connectivity index (χ1v) is 7.26. The molecule has 1 aromatic heterocycles. The topological polar surface area (TPSA) is 91.4 Å². The number of rotatable bonds is 4. The molecule has 1 aromatic carbocycles. The lowest BCUT2D eigenvalue weighted by Gasteiger charge is -2.17. The summed E-state index contributed by atoms with van der Waals surface area (Å²) in [4.78, 5) is 13.9. The van der Waals surface area contributed by atoms with Crippen molar-refractivity contribution in [1.29, 1.82) is 5.26 Å². The van der Waals surface area contributed by atoms with Gasteiger partial charge in [-0.25, -0.2) is 0 Å². The lowest BCUT2D eigenvalue weighted by molar-refractivity contribution is 0.0988. The Morgan fingerprint density at radius 3 is 3.04 bits per heavy atom. The molecule has 0 spiro atoms. The van der Waals surface area contributed by atoms with E-state index < -0.39 is 0 Å². The third kappa shape index (κ3) is 3.11. The van der Waals surface area contributed by atoms with Crippen molar-refractivity contribution in [2.24, 2.45) is 0 Å². The summed E-state index contributed by atoms with van der Waals surface area (Å²) < 4.78 is 10.2. The molecule has 0 unspecified atom stereocenters. The van der Waals surface area contributed by atoms with Crippen LogP contribution in [0.25, 0.3) is 0 Å². The minimum atomic E-state index is -0.357. The molecule has 3 rings (SSSR count). The van der Waals surface area contributed by atoms with Gasteiger partial charge in [0.2, 0.25) is 5.76 Å². The third-order valence-electron chi connectivity index (χ3n) is 3.94. The van der Waals surface area contributed by atoms with Crippen molar-refractivity contribution >= 4 is 11.6 Å². The molecule has 0 saturated carbocycles. The zero-order valence-corrected chi connectivity index (χ0v) is 12.7. The summed E-state index contributed by atoms with van der Waals surface area (Å²) in [5.74, 6) is 0.670. The fraction of sp³-hybridized carbons (Fsp3) is 0.312. The number of benzene rings is 1. The fourth-order valence-corrected chi connectivity index (χ4v) is 2.74. The van der Waals surface area contributed by atoms with Crippen LogP contribution < -0.4 is 10.1 Å². The molecule has 7 nitrogen and oxygen atoms in total. The SMILES string of the molecule is COc1ccc(NC(=O)c2ccno2)c([C@H]2CCN(C#N)C2)c1. The van der Waals surface area contributed by atoms with Crippen LogP contribution in [-0.2, 0) is 0 Å². The Balaban J connectivity index is 1.87. The minimum Gasteiger partial charge on any atom is -0.497 e. The Bertz CT molecular complexity index is 736. The van der Waals surface area contributed by atoms with Crippen molar-refractivity contribution in [2.75, 3.05) is 25.5 Å². The molecule has 7 heteroatoms. The first-order chi connectivity index (χ1) is 11.2. The van der Waals surface area contributed by atoms with Crippen LogP contribution >= 0.6 is 0 Å². The number of likely N-dealkylation sites (tertiary alicyclic amines) is 1. The summed E-state index contributed by atoms with van der Waals surface area (Å²) in [6.45, 7) is 1.35. The number of carbonyl (C=O) groups is 1. The first kappa shape index (κ1) is 14.9. The van der Waals surface area contributed by atoms with Gasteiger partial charge in [-0.1, -0.05) is 5.16 Å². The molecule has 1 saturated heterocycles. The van der Waals surface area contributed by atoms with E-state index in [1.54, 1.807) is 24.1 Å². The van der Waals surface area contributed by atoms with Crippen molar-refractivity contribution in [3.63, 3.8) is 0 Å². The number of hydrogen-bond donors (Lipinski definition) is 1. The van der Waals surface area contributed by atoms with E-state index in [1.165, 1.54) is 12.3 Å². The zero-order chi connectivity index (χ0) is 16.2. The lowest BCUT2D eigenvalue weighted by Crippen LogP contribution is -2.16. The molecule has 1 aliphatic heterocycles. The molecular formula is C16H16N4O3. The highest BCUT2D eigenvalue weighted by Gasteiger charge is 2.26. The number of amides is 1. The summed E-state index contributed by atoms with van der Waals surface area (Å²) in [6, 6.07) is 7.00. The highest BCUT2D eigenvalue weighted by Crippen LogP contribution is 2.34. The summed E-state index contributed by atoms with van der Waals surface area (Å²) >= 11 is 0. The lowest BCUT2D eigenvalue weighted by atomic mass is 9.96. The maximum absolute atomic E-state index is 12.2. The van der Waals surface area contributed by atoms with Crippen molar-refractivity contribution in [3.8, 4) is 11.9 Å². The highest BCUT2D eigenvalue weighted by atomic mass is 16.5. The van der Waals surface area contributed by atoms with Gasteiger partial charge in [0.05, 0.1) is 13.3 Å². The number of nitrogens with one attached hydrogen (secondary N) is 1. The number of nitriles is 1. The standard InChI is InChI=1S/C16H16N4O3/c1-22-12-2-3-14(19-16(21)15-4-6-18-23-15)13(8-12)11-5-7-20(9-11)10-17/h2-4,6,8,11H,5,7,9H2,1H3,(H,19,21)/t11-/m0/s1. The van der Waals surface area contributed by atoms with Gasteiger partial charge in [0.1, 0.15) is 5.75 Å². The van der Waals surface area contributed by atoms with E-state index in [1.807, 2.05) is 6.07 Å². The normalized spacial score (nSPS) is 16.9. The molecule has 0 bridgehead atoms. The van der Waals surface area contributed by atoms with E-state index in [4.69, 9.17) is 14.5 Å². The largest absolute Gasteiger partial charge is 0.497 e. The molecule has 0 aliphatic carbocycles. The van der Waals surface area contributed by atoms with Crippen LogP contribution in [0.1, 0.15) is 28.5 Å². The van der Waals surface area contributed by atoms with Crippen LogP contribution in [0.4, 0.5) is 5.69 Å². The molecular weight excluding hydrogens is 296 g/mol. The fourth-order valence-electron chi connectivity index (χ4n) is 2.74. The number of nitrogens with zero attached hydrogens (tertiary/aromatic N) is 3. The van der Waals surface area contributed by atoms with Crippen molar-refractivity contribution in [1.82, 2.24) is 10.1 Å². The van der Waals surface area contributed by atoms with E-state index in [0.717, 1.165) is 12.0 Å². The van der Waals surface area contributed by atoms with E-state index in [9.17, 15) is 4.79 Å². The number of methoxy groups -OCH3 is 1. The first-order valence-electron chi connectivity index (χ1n) is 7.26. The molecule has 23 heavy (non-hydrogen) atoms. The van der Waals surface area contributed by atoms with Gasteiger partial charge in [0, 0.05) is 30.8 Å². The van der Waals surface area contributed by atoms with Gasteiger partial charge in [-0.15, -0.1) is 0 Å². The van der Waals surface area contributed by atoms with E-state index in [2.05, 4.69) is 16.7 Å². The minimum absolute atomic E-state index is 0.150. The van der Waals surface area contributed by atoms with Gasteiger partial charge in [-0.2, -0.15) is 5.26 Å². The molecule has 1 atom stereocenters. The summed E-state index contributed by atoms with van der Waals surface area (Å²) in [6.07, 6.45) is 4.44. The molecule has 1 fully saturated rings. The molecule has 1 aliphatic rings. The highest BCUT2D eigenvalue weighted by molar-refractivity contribution is 6.02. The quantitative estimate of drug-likeness (QED) is 0.870. The molecule has 1 amide bonds. The van der Waals surface area contributed by atoms with Crippen molar-refractivity contribution in [2.45, 2.75) is 12.3 Å². The van der Waals surface area contributed by atoms with E-state index in [-0.39, 0.29) is 17.6 Å². The Kier molecular flexibility index (Phi) is 4.15. The van der Waals surface area contributed by atoms with Crippen LogP contribution in [-0.4, -0.2) is 36.2 Å². The maximum Gasteiger partial charge on any atom is 0.294 e. The van der Waals surface area contributed by atoms with E-state index >= 15 is 0 Å². The molecule has 2 aromatic rings. The van der Waals surface area contributed by atoms with Gasteiger partial charge >= 0.3 is 0 Å². The Labute approximate surface area is 133 Å². The Morgan fingerprint density at radius 2 is 2.39 bits per heavy atom. The predicted octanol–water partition coefficient (Wildman–Crippen LogP) is 2.21. The van der Waals surface area contributed by atoms with Crippen LogP contribution in [0.2, 0.25) is 0 Å². The van der Waals surface area contributed by atoms with Crippen LogP contribution in [0.15, 0.2) is 35.0 Å². The van der Waals surface area contributed by atoms with Crippen LogP contribution in [0.3, 0.4) is 0 Å². The second-order valence-corrected chi connectivity index (χ2v) is 5.32. The summed E-state index contributed by atoms with van der Waals surface area (Å²) in [5, 5.41) is 15.4. The van der Waals surface area contributed by atoms with Gasteiger partial charge < -0.3 is 19.5 Å². The van der Waals surface area contributed by atoms with Gasteiger partial charge in [0.25, 0.3) is 5.91 Å². The van der Waals surface area contributed by atoms with Crippen LogP contribution in [0, 0.1) is 11.5 Å². The summed E-state index contributed by atoms with van der Waals surface area (Å²) in [7, 11) is 1.60. The average Bonchev–Trinajstić information content (AvgIpc) is 3.26. The number of carbonyl (C=O) groups excluding carboxylic acids is 1. The van der Waals surface area contributed by atoms with Crippen molar-refractivity contribution in [3.05, 3.63) is 41.8 Å². The zero-order valence-electron chi connectivity index (χ0n) is 12.7.